The van der Waals surface area contributed by atoms with E-state index in [4.69, 9.17) is 10.5 Å². The minimum Gasteiger partial charge on any atom is -0.494 e. The number of H-pyrrole nitrogens is 1. The molecule has 0 aliphatic carbocycles. The SMILES string of the molecule is CCOc1cc(C(=O)Nc2nn[nH]n2)nc(-c2ccc(N)cc2)c1.[Na+]. The smallest absolute Gasteiger partial charge is 0.494 e. The molecule has 3 rings (SSSR count). The molecule has 0 saturated heterocycles. The third-order valence-corrected chi connectivity index (χ3v) is 3.12. The summed E-state index contributed by atoms with van der Waals surface area (Å²) in [5, 5.41) is 15.5. The molecule has 4 N–H and O–H groups in total. The van der Waals surface area contributed by atoms with Gasteiger partial charge in [-0.2, -0.15) is 5.21 Å². The maximum absolute atomic E-state index is 12.3. The Balaban J connectivity index is 0.00000225. The summed E-state index contributed by atoms with van der Waals surface area (Å²) < 4.78 is 5.52. The Labute approximate surface area is 165 Å². The first-order valence-corrected chi connectivity index (χ1v) is 7.21. The zero-order valence-corrected chi connectivity index (χ0v) is 15.9. The number of aromatic amines is 1. The van der Waals surface area contributed by atoms with Crippen LogP contribution in [-0.4, -0.2) is 38.1 Å². The van der Waals surface area contributed by atoms with E-state index in [1.54, 1.807) is 24.3 Å². The van der Waals surface area contributed by atoms with Gasteiger partial charge in [0.05, 0.1) is 12.3 Å². The standard InChI is InChI=1S/C15H15N7O2.Na/c1-2-24-11-7-12(9-3-5-10(16)6-4-9)17-13(8-11)14(23)18-15-19-21-22-20-15;/h3-8H,2,16H2,1H3,(H2,18,19,20,21,22,23);/q;+1. The van der Waals surface area contributed by atoms with Crippen molar-refractivity contribution in [3.63, 3.8) is 0 Å². The Hall–Kier alpha value is -2.49. The molecule has 2 aromatic heterocycles. The average molecular weight is 348 g/mol. The number of nitrogens with zero attached hydrogens (tertiary/aromatic N) is 4. The molecule has 25 heavy (non-hydrogen) atoms. The normalized spacial score (nSPS) is 9.96. The van der Waals surface area contributed by atoms with Gasteiger partial charge in [-0.1, -0.05) is 17.2 Å². The predicted molar refractivity (Wildman–Crippen MR) is 87.4 cm³/mol. The number of nitrogens with one attached hydrogen (secondary N) is 2. The maximum atomic E-state index is 12.3. The molecule has 10 heteroatoms. The van der Waals surface area contributed by atoms with Gasteiger partial charge in [-0.3, -0.25) is 10.1 Å². The van der Waals surface area contributed by atoms with E-state index in [0.717, 1.165) is 5.56 Å². The van der Waals surface area contributed by atoms with Gasteiger partial charge in [0.25, 0.3) is 11.9 Å². The molecule has 3 aromatic rings. The van der Waals surface area contributed by atoms with Gasteiger partial charge in [-0.05, 0) is 24.3 Å². The van der Waals surface area contributed by atoms with Crippen molar-refractivity contribution in [2.75, 3.05) is 17.7 Å². The summed E-state index contributed by atoms with van der Waals surface area (Å²) >= 11 is 0. The average Bonchev–Trinajstić information content (AvgIpc) is 3.08. The third kappa shape index (κ3) is 4.75. The molecule has 0 spiro atoms. The number of anilines is 2. The number of carbonyl (C=O) groups excluding carboxylic acids is 1. The number of carbonyl (C=O) groups is 1. The fourth-order valence-electron chi connectivity index (χ4n) is 2.05. The molecule has 2 heterocycles. The molecular weight excluding hydrogens is 333 g/mol. The fourth-order valence-corrected chi connectivity index (χ4v) is 2.05. The van der Waals surface area contributed by atoms with Crippen LogP contribution in [0.1, 0.15) is 17.4 Å². The zero-order valence-electron chi connectivity index (χ0n) is 13.9. The van der Waals surface area contributed by atoms with E-state index in [1.807, 2.05) is 19.1 Å². The summed E-state index contributed by atoms with van der Waals surface area (Å²) in [5.41, 5.74) is 7.95. The molecule has 0 fully saturated rings. The van der Waals surface area contributed by atoms with Crippen LogP contribution in [0.3, 0.4) is 0 Å². The van der Waals surface area contributed by atoms with E-state index in [9.17, 15) is 4.79 Å². The fraction of sp³-hybridized carbons (Fsp3) is 0.133. The summed E-state index contributed by atoms with van der Waals surface area (Å²) in [5.74, 6) is 0.143. The van der Waals surface area contributed by atoms with Gasteiger partial charge in [0.2, 0.25) is 0 Å². The molecule has 1 aromatic carbocycles. The topological polar surface area (TPSA) is 132 Å². The number of pyridine rings is 1. The minimum atomic E-state index is -0.463. The van der Waals surface area contributed by atoms with E-state index in [2.05, 4.69) is 30.9 Å². The zero-order chi connectivity index (χ0) is 16.9. The van der Waals surface area contributed by atoms with Gasteiger partial charge in [-0.25, -0.2) is 4.98 Å². The predicted octanol–water partition coefficient (Wildman–Crippen LogP) is -1.50. The molecular formula is C15H15N7NaO2+. The number of rotatable bonds is 5. The van der Waals surface area contributed by atoms with Crippen LogP contribution in [0.25, 0.3) is 11.3 Å². The molecule has 0 unspecified atom stereocenters. The molecule has 0 atom stereocenters. The number of tetrazole rings is 1. The van der Waals surface area contributed by atoms with Crippen LogP contribution in [0.15, 0.2) is 36.4 Å². The van der Waals surface area contributed by atoms with Crippen molar-refractivity contribution in [1.29, 1.82) is 0 Å². The summed E-state index contributed by atoms with van der Waals surface area (Å²) in [6, 6.07) is 10.5. The molecule has 0 saturated carbocycles. The van der Waals surface area contributed by atoms with Crippen LogP contribution in [0.5, 0.6) is 5.75 Å². The molecule has 9 nitrogen and oxygen atoms in total. The van der Waals surface area contributed by atoms with Crippen LogP contribution in [0.4, 0.5) is 11.6 Å². The monoisotopic (exact) mass is 348 g/mol. The van der Waals surface area contributed by atoms with Crippen LogP contribution in [0, 0.1) is 0 Å². The quantitative estimate of drug-likeness (QED) is 0.378. The second kappa shape index (κ2) is 8.56. The molecule has 0 radical (unpaired) electrons. The van der Waals surface area contributed by atoms with Gasteiger partial charge < -0.3 is 10.5 Å². The van der Waals surface area contributed by atoms with E-state index >= 15 is 0 Å². The van der Waals surface area contributed by atoms with Crippen LogP contribution >= 0.6 is 0 Å². The summed E-state index contributed by atoms with van der Waals surface area (Å²) in [6.45, 7) is 2.33. The second-order valence-corrected chi connectivity index (χ2v) is 4.82. The van der Waals surface area contributed by atoms with Crippen molar-refractivity contribution in [2.45, 2.75) is 6.92 Å². The van der Waals surface area contributed by atoms with Gasteiger partial charge in [0, 0.05) is 23.4 Å². The summed E-state index contributed by atoms with van der Waals surface area (Å²) in [7, 11) is 0. The largest absolute Gasteiger partial charge is 1.00 e. The number of nitrogens with two attached hydrogens (primary N) is 1. The number of hydrogen-bond acceptors (Lipinski definition) is 7. The Bertz CT molecular complexity index is 838. The second-order valence-electron chi connectivity index (χ2n) is 4.82. The number of hydrogen-bond donors (Lipinski definition) is 3. The Morgan fingerprint density at radius 1 is 1.28 bits per heavy atom. The molecule has 0 aliphatic rings. The number of amides is 1. The Morgan fingerprint density at radius 3 is 2.68 bits per heavy atom. The van der Waals surface area contributed by atoms with Gasteiger partial charge >= 0.3 is 29.6 Å². The number of aromatic nitrogens is 5. The van der Waals surface area contributed by atoms with Crippen molar-refractivity contribution >= 4 is 17.5 Å². The number of ether oxygens (including phenoxy) is 1. The van der Waals surface area contributed by atoms with Crippen molar-refractivity contribution in [3.8, 4) is 17.0 Å². The first kappa shape index (κ1) is 18.8. The van der Waals surface area contributed by atoms with Crippen LogP contribution in [0.2, 0.25) is 0 Å². The van der Waals surface area contributed by atoms with E-state index in [-0.39, 0.29) is 41.2 Å². The summed E-state index contributed by atoms with van der Waals surface area (Å²) in [4.78, 5) is 16.7. The maximum Gasteiger partial charge on any atom is 1.00 e. The van der Waals surface area contributed by atoms with Gasteiger partial charge in [-0.15, -0.1) is 5.10 Å². The van der Waals surface area contributed by atoms with Crippen molar-refractivity contribution < 1.29 is 39.1 Å². The van der Waals surface area contributed by atoms with E-state index in [0.29, 0.717) is 23.7 Å². The number of benzene rings is 1. The van der Waals surface area contributed by atoms with Crippen molar-refractivity contribution in [3.05, 3.63) is 42.1 Å². The van der Waals surface area contributed by atoms with Gasteiger partial charge in [0.1, 0.15) is 11.4 Å². The van der Waals surface area contributed by atoms with E-state index in [1.165, 1.54) is 0 Å². The minimum absolute atomic E-state index is 0. The first-order chi connectivity index (χ1) is 11.7. The first-order valence-electron chi connectivity index (χ1n) is 7.21. The van der Waals surface area contributed by atoms with Crippen molar-refractivity contribution in [1.82, 2.24) is 25.6 Å². The molecule has 122 valence electrons. The Kier molecular flexibility index (Phi) is 6.45. The molecule has 1 amide bonds. The molecule has 0 aliphatic heterocycles. The van der Waals surface area contributed by atoms with Crippen LogP contribution in [-0.2, 0) is 0 Å². The third-order valence-electron chi connectivity index (χ3n) is 3.12. The summed E-state index contributed by atoms with van der Waals surface area (Å²) in [6.07, 6.45) is 0. The van der Waals surface area contributed by atoms with Crippen LogP contribution < -0.4 is 45.3 Å². The Morgan fingerprint density at radius 2 is 2.04 bits per heavy atom. The number of nitrogen functional groups attached to an aromatic ring is 1. The van der Waals surface area contributed by atoms with E-state index < -0.39 is 5.91 Å². The van der Waals surface area contributed by atoms with Gasteiger partial charge in [0.15, 0.2) is 0 Å². The molecule has 0 bridgehead atoms. The van der Waals surface area contributed by atoms with Crippen molar-refractivity contribution in [2.24, 2.45) is 0 Å².